The van der Waals surface area contributed by atoms with Crippen LogP contribution in [-0.2, 0) is 14.3 Å². The van der Waals surface area contributed by atoms with Gasteiger partial charge in [0.1, 0.15) is 12.6 Å². The number of carbonyl (C=O) groups is 3. The summed E-state index contributed by atoms with van der Waals surface area (Å²) in [6.07, 6.45) is 2.04. The molecule has 186 valence electrons. The topological polar surface area (TPSA) is 105 Å². The number of carboxylic acids is 1. The third-order valence-corrected chi connectivity index (χ3v) is 7.43. The van der Waals surface area contributed by atoms with Crippen LogP contribution in [0.2, 0.25) is 0 Å². The zero-order chi connectivity index (χ0) is 25.1. The van der Waals surface area contributed by atoms with Crippen LogP contribution in [0.5, 0.6) is 0 Å². The highest BCUT2D eigenvalue weighted by atomic mass is 16.5. The van der Waals surface area contributed by atoms with E-state index in [2.05, 4.69) is 34.9 Å². The number of benzene rings is 2. The number of nitrogens with one attached hydrogen (secondary N) is 2. The maximum absolute atomic E-state index is 13.1. The van der Waals surface area contributed by atoms with E-state index in [9.17, 15) is 19.5 Å². The van der Waals surface area contributed by atoms with Crippen molar-refractivity contribution in [2.75, 3.05) is 6.61 Å². The molecule has 0 saturated heterocycles. The van der Waals surface area contributed by atoms with E-state index in [-0.39, 0.29) is 30.3 Å². The Morgan fingerprint density at radius 2 is 1.51 bits per heavy atom. The molecule has 35 heavy (non-hydrogen) atoms. The molecule has 7 heteroatoms. The lowest BCUT2D eigenvalue weighted by atomic mass is 9.79. The molecule has 0 bridgehead atoms. The van der Waals surface area contributed by atoms with Crippen molar-refractivity contribution in [3.63, 3.8) is 0 Å². The van der Waals surface area contributed by atoms with Crippen molar-refractivity contribution >= 4 is 18.0 Å². The van der Waals surface area contributed by atoms with E-state index < -0.39 is 30.1 Å². The van der Waals surface area contributed by atoms with Crippen LogP contribution in [0.25, 0.3) is 11.1 Å². The fourth-order valence-electron chi connectivity index (χ4n) is 5.42. The molecule has 3 N–H and O–H groups in total. The van der Waals surface area contributed by atoms with Gasteiger partial charge < -0.3 is 20.5 Å². The lowest BCUT2D eigenvalue weighted by molar-refractivity contribution is -0.144. The highest BCUT2D eigenvalue weighted by Gasteiger charge is 2.37. The Balaban J connectivity index is 1.41. The SMILES string of the molecule is CC(C)C(C(=O)O)C(C)NC(=O)C(NC(=O)OCC1c2ccccc2-c2ccccc21)C1CCC1. The van der Waals surface area contributed by atoms with Crippen LogP contribution >= 0.6 is 0 Å². The van der Waals surface area contributed by atoms with E-state index in [4.69, 9.17) is 4.74 Å². The first-order valence-corrected chi connectivity index (χ1v) is 12.4. The number of carboxylic acid groups (broad SMARTS) is 1. The average Bonchev–Trinajstić information content (AvgIpc) is 3.09. The molecule has 0 aromatic heterocycles. The summed E-state index contributed by atoms with van der Waals surface area (Å²) < 4.78 is 5.64. The van der Waals surface area contributed by atoms with Crippen molar-refractivity contribution in [3.8, 4) is 11.1 Å². The molecule has 2 aromatic carbocycles. The molecule has 2 amide bonds. The van der Waals surface area contributed by atoms with Crippen molar-refractivity contribution in [2.45, 2.75) is 58.0 Å². The van der Waals surface area contributed by atoms with Crippen molar-refractivity contribution in [2.24, 2.45) is 17.8 Å². The second kappa shape index (κ2) is 10.5. The number of hydrogen-bond donors (Lipinski definition) is 3. The quantitative estimate of drug-likeness (QED) is 0.490. The number of hydrogen-bond acceptors (Lipinski definition) is 4. The van der Waals surface area contributed by atoms with E-state index in [0.717, 1.165) is 41.5 Å². The molecular weight excluding hydrogens is 444 g/mol. The summed E-state index contributed by atoms with van der Waals surface area (Å²) >= 11 is 0. The first-order chi connectivity index (χ1) is 16.8. The molecule has 1 fully saturated rings. The van der Waals surface area contributed by atoms with E-state index in [1.807, 2.05) is 38.1 Å². The van der Waals surface area contributed by atoms with Gasteiger partial charge in [-0.25, -0.2) is 4.79 Å². The number of alkyl carbamates (subject to hydrolysis) is 1. The van der Waals surface area contributed by atoms with Gasteiger partial charge in [-0.2, -0.15) is 0 Å². The van der Waals surface area contributed by atoms with E-state index in [1.54, 1.807) is 6.92 Å². The number of carbonyl (C=O) groups excluding carboxylic acids is 2. The highest BCUT2D eigenvalue weighted by molar-refractivity contribution is 5.87. The monoisotopic (exact) mass is 478 g/mol. The van der Waals surface area contributed by atoms with Gasteiger partial charge in [0, 0.05) is 12.0 Å². The van der Waals surface area contributed by atoms with E-state index in [1.165, 1.54) is 0 Å². The fourth-order valence-corrected chi connectivity index (χ4v) is 5.42. The van der Waals surface area contributed by atoms with Gasteiger partial charge in [0.2, 0.25) is 5.91 Å². The van der Waals surface area contributed by atoms with Gasteiger partial charge in [0.25, 0.3) is 0 Å². The molecule has 7 nitrogen and oxygen atoms in total. The molecule has 2 aliphatic carbocycles. The van der Waals surface area contributed by atoms with Crippen LogP contribution < -0.4 is 10.6 Å². The van der Waals surface area contributed by atoms with Gasteiger partial charge in [0.15, 0.2) is 0 Å². The summed E-state index contributed by atoms with van der Waals surface area (Å²) in [7, 11) is 0. The molecule has 4 rings (SSSR count). The molecule has 2 aliphatic rings. The Morgan fingerprint density at radius 3 is 2.00 bits per heavy atom. The van der Waals surface area contributed by atoms with Gasteiger partial charge >= 0.3 is 12.1 Å². The average molecular weight is 479 g/mol. The van der Waals surface area contributed by atoms with Crippen LogP contribution in [-0.4, -0.2) is 41.8 Å². The van der Waals surface area contributed by atoms with E-state index in [0.29, 0.717) is 0 Å². The summed E-state index contributed by atoms with van der Waals surface area (Å²) in [5, 5.41) is 15.2. The van der Waals surface area contributed by atoms with Crippen LogP contribution in [0.1, 0.15) is 57.1 Å². The van der Waals surface area contributed by atoms with Crippen molar-refractivity contribution < 1.29 is 24.2 Å². The lowest BCUT2D eigenvalue weighted by Crippen LogP contribution is -2.56. The van der Waals surface area contributed by atoms with Gasteiger partial charge in [-0.1, -0.05) is 68.8 Å². The predicted octanol–water partition coefficient (Wildman–Crippen LogP) is 4.56. The third-order valence-electron chi connectivity index (χ3n) is 7.43. The Hall–Kier alpha value is -3.35. The second-order valence-corrected chi connectivity index (χ2v) is 10.0. The van der Waals surface area contributed by atoms with Crippen LogP contribution in [0.3, 0.4) is 0 Å². The fraction of sp³-hybridized carbons (Fsp3) is 0.464. The zero-order valence-corrected chi connectivity index (χ0v) is 20.5. The minimum absolute atomic E-state index is 0.0185. The lowest BCUT2D eigenvalue weighted by Gasteiger charge is -2.34. The standard InChI is InChI=1S/C28H34N2O5/c1-16(2)24(27(32)33)17(3)29-26(31)25(18-9-8-10-18)30-28(34)35-15-23-21-13-6-4-11-19(21)20-12-5-7-14-22(20)23/h4-7,11-14,16-18,23-25H,8-10,15H2,1-3H3,(H,29,31)(H,30,34)(H,32,33). The van der Waals surface area contributed by atoms with Crippen molar-refractivity contribution in [1.29, 1.82) is 0 Å². The molecule has 2 aromatic rings. The first kappa shape index (κ1) is 24.8. The Bertz CT molecular complexity index is 1050. The number of amides is 2. The summed E-state index contributed by atoms with van der Waals surface area (Å²) in [5.74, 6) is -2.20. The molecule has 3 unspecified atom stereocenters. The Labute approximate surface area is 206 Å². The molecule has 0 radical (unpaired) electrons. The van der Waals surface area contributed by atoms with Gasteiger partial charge in [0.05, 0.1) is 5.92 Å². The summed E-state index contributed by atoms with van der Waals surface area (Å²) in [4.78, 5) is 37.6. The van der Waals surface area contributed by atoms with Crippen molar-refractivity contribution in [3.05, 3.63) is 59.7 Å². The Morgan fingerprint density at radius 1 is 0.943 bits per heavy atom. The summed E-state index contributed by atoms with van der Waals surface area (Å²) in [6.45, 7) is 5.51. The highest BCUT2D eigenvalue weighted by Crippen LogP contribution is 2.44. The number of fused-ring (bicyclic) bond motifs is 3. The second-order valence-electron chi connectivity index (χ2n) is 10.0. The number of ether oxygens (including phenoxy) is 1. The minimum Gasteiger partial charge on any atom is -0.481 e. The number of aliphatic carboxylic acids is 1. The molecule has 1 saturated carbocycles. The molecule has 3 atom stereocenters. The predicted molar refractivity (Wildman–Crippen MR) is 133 cm³/mol. The van der Waals surface area contributed by atoms with Crippen LogP contribution in [0.4, 0.5) is 4.79 Å². The molecule has 0 aliphatic heterocycles. The van der Waals surface area contributed by atoms with Crippen LogP contribution in [0, 0.1) is 17.8 Å². The first-order valence-electron chi connectivity index (χ1n) is 12.4. The normalized spacial score (nSPS) is 17.5. The van der Waals surface area contributed by atoms with Gasteiger partial charge in [-0.15, -0.1) is 0 Å². The summed E-state index contributed by atoms with van der Waals surface area (Å²) in [5.41, 5.74) is 4.54. The van der Waals surface area contributed by atoms with Crippen LogP contribution in [0.15, 0.2) is 48.5 Å². The summed E-state index contributed by atoms with van der Waals surface area (Å²) in [6, 6.07) is 14.9. The molecule has 0 heterocycles. The largest absolute Gasteiger partial charge is 0.481 e. The third kappa shape index (κ3) is 5.19. The van der Waals surface area contributed by atoms with E-state index >= 15 is 0 Å². The van der Waals surface area contributed by atoms with Gasteiger partial charge in [-0.3, -0.25) is 9.59 Å². The minimum atomic E-state index is -0.947. The number of rotatable bonds is 9. The Kier molecular flexibility index (Phi) is 7.43. The smallest absolute Gasteiger partial charge is 0.407 e. The van der Waals surface area contributed by atoms with Gasteiger partial charge in [-0.05, 0) is 53.9 Å². The molecular formula is C28H34N2O5. The zero-order valence-electron chi connectivity index (χ0n) is 20.5. The molecule has 0 spiro atoms. The van der Waals surface area contributed by atoms with Crippen molar-refractivity contribution in [1.82, 2.24) is 10.6 Å². The maximum Gasteiger partial charge on any atom is 0.407 e. The maximum atomic E-state index is 13.1.